The molecule has 0 atom stereocenters. The molecule has 7 heteroatoms. The summed E-state index contributed by atoms with van der Waals surface area (Å²) < 4.78 is 27.7. The van der Waals surface area contributed by atoms with E-state index >= 15 is 0 Å². The van der Waals surface area contributed by atoms with Gasteiger partial charge in [0, 0.05) is 11.5 Å². The Morgan fingerprint density at radius 2 is 1.83 bits per heavy atom. The molecular formula is C11H11N3O3S. The van der Waals surface area contributed by atoms with E-state index in [0.29, 0.717) is 23.3 Å². The van der Waals surface area contributed by atoms with Crippen molar-refractivity contribution in [1.82, 2.24) is 10.2 Å². The van der Waals surface area contributed by atoms with Gasteiger partial charge in [0.05, 0.1) is 4.90 Å². The third kappa shape index (κ3) is 2.14. The molecule has 1 fully saturated rings. The van der Waals surface area contributed by atoms with E-state index in [4.69, 9.17) is 9.56 Å². The number of nitrogens with zero attached hydrogens (tertiary/aromatic N) is 2. The SMILES string of the molecule is NS(=O)(=O)c1ccc(-c2nnc(C3CC3)o2)cc1. The van der Waals surface area contributed by atoms with Crippen molar-refractivity contribution in [1.29, 1.82) is 0 Å². The molecule has 18 heavy (non-hydrogen) atoms. The van der Waals surface area contributed by atoms with E-state index < -0.39 is 10.0 Å². The van der Waals surface area contributed by atoms with Crippen LogP contribution in [-0.4, -0.2) is 18.6 Å². The molecule has 3 rings (SSSR count). The van der Waals surface area contributed by atoms with Crippen LogP contribution in [0, 0.1) is 0 Å². The molecule has 0 amide bonds. The minimum absolute atomic E-state index is 0.0631. The zero-order valence-corrected chi connectivity index (χ0v) is 10.2. The standard InChI is InChI=1S/C11H11N3O3S/c12-18(15,16)9-5-3-8(4-6-9)11-14-13-10(17-11)7-1-2-7/h3-7H,1-2H2,(H2,12,15,16). The maximum Gasteiger partial charge on any atom is 0.247 e. The Morgan fingerprint density at radius 1 is 1.17 bits per heavy atom. The van der Waals surface area contributed by atoms with Crippen molar-refractivity contribution in [3.8, 4) is 11.5 Å². The van der Waals surface area contributed by atoms with Gasteiger partial charge in [0.1, 0.15) is 0 Å². The minimum atomic E-state index is -3.67. The summed E-state index contributed by atoms with van der Waals surface area (Å²) >= 11 is 0. The molecule has 1 aliphatic rings. The van der Waals surface area contributed by atoms with E-state index in [1.165, 1.54) is 12.1 Å². The van der Waals surface area contributed by atoms with E-state index in [9.17, 15) is 8.42 Å². The molecule has 1 aromatic carbocycles. The average Bonchev–Trinajstić information content (AvgIpc) is 3.06. The van der Waals surface area contributed by atoms with Gasteiger partial charge < -0.3 is 4.42 Å². The van der Waals surface area contributed by atoms with Gasteiger partial charge in [-0.25, -0.2) is 13.6 Å². The normalized spacial score (nSPS) is 15.8. The summed E-state index contributed by atoms with van der Waals surface area (Å²) in [6.07, 6.45) is 2.18. The zero-order valence-electron chi connectivity index (χ0n) is 9.41. The number of benzene rings is 1. The fourth-order valence-electron chi connectivity index (χ4n) is 1.63. The van der Waals surface area contributed by atoms with Crippen molar-refractivity contribution < 1.29 is 12.8 Å². The second kappa shape index (κ2) is 3.89. The summed E-state index contributed by atoms with van der Waals surface area (Å²) in [7, 11) is -3.67. The van der Waals surface area contributed by atoms with Crippen molar-refractivity contribution in [3.63, 3.8) is 0 Å². The molecule has 6 nitrogen and oxygen atoms in total. The van der Waals surface area contributed by atoms with E-state index in [1.54, 1.807) is 12.1 Å². The molecule has 1 heterocycles. The third-order valence-electron chi connectivity index (χ3n) is 2.80. The van der Waals surface area contributed by atoms with Gasteiger partial charge >= 0.3 is 0 Å². The van der Waals surface area contributed by atoms with E-state index in [2.05, 4.69) is 10.2 Å². The lowest BCUT2D eigenvalue weighted by molar-refractivity contribution is 0.508. The largest absolute Gasteiger partial charge is 0.420 e. The quantitative estimate of drug-likeness (QED) is 0.900. The lowest BCUT2D eigenvalue weighted by Gasteiger charge is -1.98. The summed E-state index contributed by atoms with van der Waals surface area (Å²) in [4.78, 5) is 0.0631. The average molecular weight is 265 g/mol. The third-order valence-corrected chi connectivity index (χ3v) is 3.73. The topological polar surface area (TPSA) is 99.1 Å². The first-order chi connectivity index (χ1) is 8.54. The van der Waals surface area contributed by atoms with Crippen molar-refractivity contribution in [2.24, 2.45) is 5.14 Å². The van der Waals surface area contributed by atoms with Crippen LogP contribution in [0.4, 0.5) is 0 Å². The van der Waals surface area contributed by atoms with Gasteiger partial charge in [-0.3, -0.25) is 0 Å². The number of hydrogen-bond donors (Lipinski definition) is 1. The molecule has 1 aliphatic carbocycles. The second-order valence-corrected chi connectivity index (χ2v) is 5.85. The highest BCUT2D eigenvalue weighted by Crippen LogP contribution is 2.39. The van der Waals surface area contributed by atoms with Crippen LogP contribution in [-0.2, 0) is 10.0 Å². The van der Waals surface area contributed by atoms with Gasteiger partial charge in [-0.05, 0) is 37.1 Å². The van der Waals surface area contributed by atoms with E-state index in [-0.39, 0.29) is 4.90 Å². The molecule has 0 aliphatic heterocycles. The lowest BCUT2D eigenvalue weighted by Crippen LogP contribution is -2.11. The Balaban J connectivity index is 1.91. The monoisotopic (exact) mass is 265 g/mol. The van der Waals surface area contributed by atoms with Gasteiger partial charge in [0.15, 0.2) is 0 Å². The molecule has 2 aromatic rings. The van der Waals surface area contributed by atoms with Crippen molar-refractivity contribution in [2.75, 3.05) is 0 Å². The van der Waals surface area contributed by atoms with E-state index in [1.807, 2.05) is 0 Å². The molecule has 0 bridgehead atoms. The Morgan fingerprint density at radius 3 is 2.39 bits per heavy atom. The Bertz CT molecular complexity index is 672. The number of rotatable bonds is 3. The highest BCUT2D eigenvalue weighted by atomic mass is 32.2. The summed E-state index contributed by atoms with van der Waals surface area (Å²) in [6, 6.07) is 6.05. The van der Waals surface area contributed by atoms with Gasteiger partial charge in [0.2, 0.25) is 21.8 Å². The Hall–Kier alpha value is -1.73. The van der Waals surface area contributed by atoms with Crippen LogP contribution >= 0.6 is 0 Å². The fourth-order valence-corrected chi connectivity index (χ4v) is 2.15. The van der Waals surface area contributed by atoms with Crippen LogP contribution in [0.25, 0.3) is 11.5 Å². The predicted octanol–water partition coefficient (Wildman–Crippen LogP) is 1.26. The minimum Gasteiger partial charge on any atom is -0.420 e. The summed E-state index contributed by atoms with van der Waals surface area (Å²) in [5.74, 6) is 1.45. The van der Waals surface area contributed by atoms with Gasteiger partial charge in [0.25, 0.3) is 0 Å². The fraction of sp³-hybridized carbons (Fsp3) is 0.273. The molecule has 1 saturated carbocycles. The Kier molecular flexibility index (Phi) is 2.46. The first-order valence-electron chi connectivity index (χ1n) is 5.51. The maximum absolute atomic E-state index is 11.1. The van der Waals surface area contributed by atoms with Crippen LogP contribution in [0.3, 0.4) is 0 Å². The summed E-state index contributed by atoms with van der Waals surface area (Å²) in [5, 5.41) is 12.9. The van der Waals surface area contributed by atoms with Crippen LogP contribution in [0.15, 0.2) is 33.6 Å². The molecule has 1 aromatic heterocycles. The maximum atomic E-state index is 11.1. The number of sulfonamides is 1. The van der Waals surface area contributed by atoms with Crippen molar-refractivity contribution >= 4 is 10.0 Å². The van der Waals surface area contributed by atoms with Crippen molar-refractivity contribution in [3.05, 3.63) is 30.2 Å². The summed E-state index contributed by atoms with van der Waals surface area (Å²) in [5.41, 5.74) is 0.682. The Labute approximate surface area is 104 Å². The first kappa shape index (κ1) is 11.4. The molecule has 2 N–H and O–H groups in total. The van der Waals surface area contributed by atoms with E-state index in [0.717, 1.165) is 12.8 Å². The number of primary sulfonamides is 1. The summed E-state index contributed by atoms with van der Waals surface area (Å²) in [6.45, 7) is 0. The molecule has 0 unspecified atom stereocenters. The van der Waals surface area contributed by atoms with Gasteiger partial charge in [-0.1, -0.05) is 0 Å². The second-order valence-electron chi connectivity index (χ2n) is 4.29. The van der Waals surface area contributed by atoms with Gasteiger partial charge in [-0.2, -0.15) is 0 Å². The molecular weight excluding hydrogens is 254 g/mol. The molecule has 0 saturated heterocycles. The number of aromatic nitrogens is 2. The highest BCUT2D eigenvalue weighted by Gasteiger charge is 2.29. The molecule has 0 spiro atoms. The first-order valence-corrected chi connectivity index (χ1v) is 7.05. The highest BCUT2D eigenvalue weighted by molar-refractivity contribution is 7.89. The zero-order chi connectivity index (χ0) is 12.8. The van der Waals surface area contributed by atoms with Crippen LogP contribution in [0.2, 0.25) is 0 Å². The number of hydrogen-bond acceptors (Lipinski definition) is 5. The van der Waals surface area contributed by atoms with Crippen LogP contribution in [0.5, 0.6) is 0 Å². The van der Waals surface area contributed by atoms with Crippen LogP contribution < -0.4 is 5.14 Å². The molecule has 94 valence electrons. The lowest BCUT2D eigenvalue weighted by atomic mass is 10.2. The number of nitrogens with two attached hydrogens (primary N) is 1. The van der Waals surface area contributed by atoms with Crippen LogP contribution in [0.1, 0.15) is 24.7 Å². The molecule has 0 radical (unpaired) electrons. The van der Waals surface area contributed by atoms with Gasteiger partial charge in [-0.15, -0.1) is 10.2 Å². The smallest absolute Gasteiger partial charge is 0.247 e. The van der Waals surface area contributed by atoms with Crippen molar-refractivity contribution in [2.45, 2.75) is 23.7 Å². The predicted molar refractivity (Wildman–Crippen MR) is 63.1 cm³/mol.